The van der Waals surface area contributed by atoms with E-state index in [0.29, 0.717) is 0 Å². The first-order valence-electron chi connectivity index (χ1n) is 7.49. The van der Waals surface area contributed by atoms with Crippen molar-refractivity contribution in [1.29, 1.82) is 0 Å². The molecule has 0 aliphatic heterocycles. The van der Waals surface area contributed by atoms with Gasteiger partial charge in [-0.15, -0.1) is 11.3 Å². The number of thiazole rings is 1. The van der Waals surface area contributed by atoms with E-state index in [4.69, 9.17) is 4.98 Å². The van der Waals surface area contributed by atoms with Crippen LogP contribution < -0.4 is 5.69 Å². The van der Waals surface area contributed by atoms with Gasteiger partial charge < -0.3 is 9.97 Å². The van der Waals surface area contributed by atoms with Gasteiger partial charge in [-0.25, -0.2) is 9.78 Å². The normalized spacial score (nSPS) is 11.1. The van der Waals surface area contributed by atoms with E-state index < -0.39 is 0 Å². The zero-order valence-electron chi connectivity index (χ0n) is 12.4. The summed E-state index contributed by atoms with van der Waals surface area (Å²) in [5, 5.41) is 3.21. The topological polar surface area (TPSA) is 61.5 Å². The lowest BCUT2D eigenvalue weighted by Gasteiger charge is -1.99. The molecule has 0 aliphatic rings. The van der Waals surface area contributed by atoms with Crippen molar-refractivity contribution in [3.05, 3.63) is 75.0 Å². The fraction of sp³-hybridized carbons (Fsp3) is 0.111. The summed E-state index contributed by atoms with van der Waals surface area (Å²) in [4.78, 5) is 21.6. The van der Waals surface area contributed by atoms with Gasteiger partial charge in [0.15, 0.2) is 0 Å². The molecular formula is C18H15N3OS. The monoisotopic (exact) mass is 321 g/mol. The van der Waals surface area contributed by atoms with Crippen LogP contribution in [-0.2, 0) is 12.8 Å². The van der Waals surface area contributed by atoms with Gasteiger partial charge in [-0.3, -0.25) is 0 Å². The zero-order chi connectivity index (χ0) is 15.6. The minimum absolute atomic E-state index is 0.182. The van der Waals surface area contributed by atoms with Gasteiger partial charge in [0.05, 0.1) is 21.7 Å². The smallest absolute Gasteiger partial charge is 0.306 e. The van der Waals surface area contributed by atoms with Crippen molar-refractivity contribution in [2.45, 2.75) is 12.8 Å². The molecule has 2 aromatic carbocycles. The predicted octanol–water partition coefficient (Wildman–Crippen LogP) is 3.76. The van der Waals surface area contributed by atoms with Crippen molar-refractivity contribution in [2.75, 3.05) is 0 Å². The number of H-pyrrole nitrogens is 2. The molecule has 4 nitrogen and oxygen atoms in total. The molecule has 0 unspecified atom stereocenters. The van der Waals surface area contributed by atoms with E-state index in [0.717, 1.165) is 40.1 Å². The number of nitrogens with one attached hydrogen (secondary N) is 2. The van der Waals surface area contributed by atoms with E-state index >= 15 is 0 Å². The molecular weight excluding hydrogens is 306 g/mol. The van der Waals surface area contributed by atoms with E-state index in [2.05, 4.69) is 39.6 Å². The van der Waals surface area contributed by atoms with Crippen LogP contribution in [0.25, 0.3) is 22.3 Å². The first-order chi connectivity index (χ1) is 11.3. The van der Waals surface area contributed by atoms with Crippen molar-refractivity contribution in [1.82, 2.24) is 15.0 Å². The molecule has 0 radical (unpaired) electrons. The standard InChI is InChI=1S/C18H15N3OS/c22-18-20-14-8-7-13(10-15(14)21-18)16-11-23-17(19-16)9-6-12-4-2-1-3-5-12/h1-5,7-8,10-11H,6,9H2,(H2,20,21,22). The molecule has 2 aromatic heterocycles. The molecule has 23 heavy (non-hydrogen) atoms. The van der Waals surface area contributed by atoms with Crippen LogP contribution in [0.15, 0.2) is 58.7 Å². The first-order valence-corrected chi connectivity index (χ1v) is 8.37. The highest BCUT2D eigenvalue weighted by molar-refractivity contribution is 7.09. The Morgan fingerprint density at radius 3 is 2.65 bits per heavy atom. The number of aryl methyl sites for hydroxylation is 2. The molecule has 2 N–H and O–H groups in total. The van der Waals surface area contributed by atoms with Crippen LogP contribution in [0.2, 0.25) is 0 Å². The number of imidazole rings is 1. The Morgan fingerprint density at radius 2 is 1.78 bits per heavy atom. The number of nitrogens with zero attached hydrogens (tertiary/aromatic N) is 1. The molecule has 0 aliphatic carbocycles. The van der Waals surface area contributed by atoms with Gasteiger partial charge in [0.2, 0.25) is 0 Å². The number of rotatable bonds is 4. The molecule has 0 atom stereocenters. The molecule has 4 aromatic rings. The van der Waals surface area contributed by atoms with Crippen LogP contribution in [0.4, 0.5) is 0 Å². The van der Waals surface area contributed by atoms with E-state index in [1.165, 1.54) is 5.56 Å². The van der Waals surface area contributed by atoms with Crippen molar-refractivity contribution in [3.63, 3.8) is 0 Å². The maximum absolute atomic E-state index is 11.3. The number of hydrogen-bond donors (Lipinski definition) is 2. The average Bonchev–Trinajstić information content (AvgIpc) is 3.18. The zero-order valence-corrected chi connectivity index (χ0v) is 13.2. The Hall–Kier alpha value is -2.66. The largest absolute Gasteiger partial charge is 0.323 e. The molecule has 114 valence electrons. The summed E-state index contributed by atoms with van der Waals surface area (Å²) < 4.78 is 0. The van der Waals surface area contributed by atoms with Gasteiger partial charge in [0.1, 0.15) is 0 Å². The SMILES string of the molecule is O=c1[nH]c2ccc(-c3csc(CCc4ccccc4)n3)cc2[nH]1. The predicted molar refractivity (Wildman–Crippen MR) is 93.9 cm³/mol. The lowest BCUT2D eigenvalue weighted by Crippen LogP contribution is -1.99. The van der Waals surface area contributed by atoms with Crippen LogP contribution in [-0.4, -0.2) is 15.0 Å². The second-order valence-electron chi connectivity index (χ2n) is 5.45. The minimum atomic E-state index is -0.182. The van der Waals surface area contributed by atoms with Crippen LogP contribution >= 0.6 is 11.3 Å². The fourth-order valence-electron chi connectivity index (χ4n) is 2.65. The van der Waals surface area contributed by atoms with Crippen LogP contribution in [0.5, 0.6) is 0 Å². The highest BCUT2D eigenvalue weighted by Crippen LogP contribution is 2.24. The summed E-state index contributed by atoms with van der Waals surface area (Å²) in [5.74, 6) is 0. The Morgan fingerprint density at radius 1 is 0.957 bits per heavy atom. The molecule has 0 fully saturated rings. The summed E-state index contributed by atoms with van der Waals surface area (Å²) in [5.41, 5.74) is 4.76. The molecule has 4 rings (SSSR count). The van der Waals surface area contributed by atoms with Gasteiger partial charge in [-0.1, -0.05) is 36.4 Å². The van der Waals surface area contributed by atoms with E-state index in [1.807, 2.05) is 24.3 Å². The van der Waals surface area contributed by atoms with Gasteiger partial charge in [-0.05, 0) is 24.1 Å². The summed E-state index contributed by atoms with van der Waals surface area (Å²) >= 11 is 1.68. The number of aromatic nitrogens is 3. The summed E-state index contributed by atoms with van der Waals surface area (Å²) in [7, 11) is 0. The third-order valence-corrected chi connectivity index (χ3v) is 4.74. The molecule has 0 spiro atoms. The quantitative estimate of drug-likeness (QED) is 0.601. The van der Waals surface area contributed by atoms with Crippen molar-refractivity contribution >= 4 is 22.4 Å². The third kappa shape index (κ3) is 2.96. The third-order valence-electron chi connectivity index (χ3n) is 3.83. The van der Waals surface area contributed by atoms with E-state index in [9.17, 15) is 4.79 Å². The summed E-state index contributed by atoms with van der Waals surface area (Å²) in [6, 6.07) is 16.3. The van der Waals surface area contributed by atoms with Crippen molar-refractivity contribution in [2.24, 2.45) is 0 Å². The lowest BCUT2D eigenvalue weighted by molar-refractivity contribution is 0.945. The Labute approximate surface area is 136 Å². The van der Waals surface area contributed by atoms with Crippen molar-refractivity contribution in [3.8, 4) is 11.3 Å². The van der Waals surface area contributed by atoms with Gasteiger partial charge in [-0.2, -0.15) is 0 Å². The maximum Gasteiger partial charge on any atom is 0.323 e. The van der Waals surface area contributed by atoms with E-state index in [1.54, 1.807) is 11.3 Å². The Balaban J connectivity index is 1.55. The lowest BCUT2D eigenvalue weighted by atomic mass is 10.1. The Bertz CT molecular complexity index is 998. The van der Waals surface area contributed by atoms with Gasteiger partial charge in [0, 0.05) is 17.4 Å². The first kappa shape index (κ1) is 14.0. The highest BCUT2D eigenvalue weighted by atomic mass is 32.1. The number of benzene rings is 2. The molecule has 0 amide bonds. The number of fused-ring (bicyclic) bond motifs is 1. The molecule has 0 saturated heterocycles. The summed E-state index contributed by atoms with van der Waals surface area (Å²) in [6.07, 6.45) is 1.94. The van der Waals surface area contributed by atoms with Crippen LogP contribution in [0.3, 0.4) is 0 Å². The summed E-state index contributed by atoms with van der Waals surface area (Å²) in [6.45, 7) is 0. The second-order valence-corrected chi connectivity index (χ2v) is 6.39. The van der Waals surface area contributed by atoms with Crippen LogP contribution in [0.1, 0.15) is 10.6 Å². The van der Waals surface area contributed by atoms with Gasteiger partial charge >= 0.3 is 5.69 Å². The maximum atomic E-state index is 11.3. The van der Waals surface area contributed by atoms with Crippen molar-refractivity contribution < 1.29 is 0 Å². The molecule has 2 heterocycles. The van der Waals surface area contributed by atoms with Gasteiger partial charge in [0.25, 0.3) is 0 Å². The average molecular weight is 321 g/mol. The second kappa shape index (κ2) is 5.85. The minimum Gasteiger partial charge on any atom is -0.306 e. The molecule has 0 saturated carbocycles. The fourth-order valence-corrected chi connectivity index (χ4v) is 3.45. The highest BCUT2D eigenvalue weighted by Gasteiger charge is 2.07. The number of hydrogen-bond acceptors (Lipinski definition) is 3. The Kier molecular flexibility index (Phi) is 3.55. The molecule has 5 heteroatoms. The van der Waals surface area contributed by atoms with E-state index in [-0.39, 0.29) is 5.69 Å². The molecule has 0 bridgehead atoms. The number of aromatic amines is 2. The van der Waals surface area contributed by atoms with Crippen LogP contribution in [0, 0.1) is 0 Å².